The first kappa shape index (κ1) is 9.43. The van der Waals surface area contributed by atoms with E-state index in [9.17, 15) is 4.39 Å². The van der Waals surface area contributed by atoms with Gasteiger partial charge in [0, 0.05) is 0 Å². The van der Waals surface area contributed by atoms with Gasteiger partial charge in [0.25, 0.3) is 0 Å². The maximum atomic E-state index is 11.8. The van der Waals surface area contributed by atoms with E-state index in [-0.39, 0.29) is 0 Å². The summed E-state index contributed by atoms with van der Waals surface area (Å²) in [5.74, 6) is -0.484. The van der Waals surface area contributed by atoms with Crippen molar-refractivity contribution < 1.29 is 19.2 Å². The number of rotatable bonds is 0. The van der Waals surface area contributed by atoms with Crippen LogP contribution in [0.1, 0.15) is 0 Å². The molecule has 1 aromatic rings. The van der Waals surface area contributed by atoms with Crippen LogP contribution >= 0.6 is 19.8 Å². The van der Waals surface area contributed by atoms with Gasteiger partial charge in [-0.3, -0.25) is 4.39 Å². The van der Waals surface area contributed by atoms with E-state index in [1.807, 2.05) is 0 Å². The summed E-state index contributed by atoms with van der Waals surface area (Å²) in [6.45, 7) is 0. The van der Waals surface area contributed by atoms with Crippen LogP contribution in [0, 0.1) is 12.0 Å². The van der Waals surface area contributed by atoms with Gasteiger partial charge in [0.15, 0.2) is 0 Å². The van der Waals surface area contributed by atoms with E-state index in [1.54, 1.807) is 6.07 Å². The van der Waals surface area contributed by atoms with Gasteiger partial charge >= 0.3 is 34.5 Å². The fraction of sp³-hybridized carbons (Fsp3) is 0. The first-order valence-corrected chi connectivity index (χ1v) is 11.2. The van der Waals surface area contributed by atoms with Crippen LogP contribution in [0.5, 0.6) is 0 Å². The minimum absolute atomic E-state index is 0.484. The molecular weight excluding hydrogens is 285 g/mol. The zero-order valence-electron chi connectivity index (χ0n) is 4.64. The Morgan fingerprint density at radius 1 is 1.67 bits per heavy atom. The van der Waals surface area contributed by atoms with E-state index >= 15 is 0 Å². The van der Waals surface area contributed by atoms with Gasteiger partial charge in [-0.1, -0.05) is 6.20 Å². The zero-order chi connectivity index (χ0) is 7.11. The molecular formula is C5H3FINZn. The maximum absolute atomic E-state index is 11.8. The Morgan fingerprint density at radius 2 is 2.33 bits per heavy atom. The molecule has 0 N–H and O–H groups in total. The summed E-state index contributed by atoms with van der Waals surface area (Å²) < 4.78 is 11.8. The number of nitrogens with zero attached hydrogens (tertiary/aromatic N) is 1. The number of halogens is 2. The van der Waals surface area contributed by atoms with Crippen LogP contribution in [0.25, 0.3) is 0 Å². The van der Waals surface area contributed by atoms with E-state index in [4.69, 9.17) is 0 Å². The van der Waals surface area contributed by atoms with Crippen LogP contribution in [0.3, 0.4) is 0 Å². The predicted molar refractivity (Wildman–Crippen MR) is 37.1 cm³/mol. The van der Waals surface area contributed by atoms with Crippen molar-refractivity contribution in [2.24, 2.45) is 0 Å². The van der Waals surface area contributed by atoms with Gasteiger partial charge in [0.05, 0.1) is 5.95 Å². The summed E-state index contributed by atoms with van der Waals surface area (Å²) in [5.41, 5.74) is 0. The molecule has 4 heteroatoms. The van der Waals surface area contributed by atoms with Gasteiger partial charge < -0.3 is 4.98 Å². The third kappa shape index (κ3) is 4.91. The van der Waals surface area contributed by atoms with E-state index in [0.29, 0.717) is 0 Å². The molecule has 0 aromatic carbocycles. The first-order valence-electron chi connectivity index (χ1n) is 2.14. The van der Waals surface area contributed by atoms with Gasteiger partial charge in [-0.2, -0.15) is 12.1 Å². The van der Waals surface area contributed by atoms with Gasteiger partial charge in [-0.25, -0.2) is 0 Å². The SMILES string of the molecule is Fc1c[c-]ccn1.[Zn+][I]. The Bertz CT molecular complexity index is 147. The van der Waals surface area contributed by atoms with Crippen molar-refractivity contribution in [2.75, 3.05) is 0 Å². The standard InChI is InChI=1S/C5H3FN.HI.Zn/c6-5-3-1-2-4-7-5;;/h2-4H;1H;/q-1;;+2/p-1. The second-order valence-corrected chi connectivity index (χ2v) is 1.08. The molecule has 0 saturated heterocycles. The molecule has 0 aliphatic heterocycles. The molecule has 0 unspecified atom stereocenters. The summed E-state index contributed by atoms with van der Waals surface area (Å²) in [6.07, 6.45) is 1.36. The van der Waals surface area contributed by atoms with E-state index in [2.05, 4.69) is 30.8 Å². The molecule has 0 amide bonds. The van der Waals surface area contributed by atoms with Crippen molar-refractivity contribution in [3.8, 4) is 0 Å². The molecule has 0 atom stereocenters. The number of pyridine rings is 1. The third-order valence-electron chi connectivity index (χ3n) is 0.571. The van der Waals surface area contributed by atoms with Crippen LogP contribution in [0.15, 0.2) is 18.3 Å². The van der Waals surface area contributed by atoms with E-state index in [1.165, 1.54) is 27.1 Å². The molecule has 1 heterocycles. The van der Waals surface area contributed by atoms with Gasteiger partial charge in [0.2, 0.25) is 0 Å². The van der Waals surface area contributed by atoms with Gasteiger partial charge in [-0.05, 0) is 0 Å². The molecule has 44 valence electrons. The molecule has 0 bridgehead atoms. The predicted octanol–water partition coefficient (Wildman–Crippen LogP) is 1.90. The third-order valence-corrected chi connectivity index (χ3v) is 0.571. The van der Waals surface area contributed by atoms with Crippen molar-refractivity contribution in [1.29, 1.82) is 0 Å². The van der Waals surface area contributed by atoms with Crippen LogP contribution in [0.4, 0.5) is 4.39 Å². The Balaban J connectivity index is 0.000000291. The molecule has 0 aliphatic rings. The molecule has 9 heavy (non-hydrogen) atoms. The van der Waals surface area contributed by atoms with Crippen molar-refractivity contribution in [3.63, 3.8) is 0 Å². The van der Waals surface area contributed by atoms with Gasteiger partial charge in [-0.15, -0.1) is 6.07 Å². The van der Waals surface area contributed by atoms with Crippen LogP contribution in [-0.4, -0.2) is 4.98 Å². The topological polar surface area (TPSA) is 12.9 Å². The monoisotopic (exact) mass is 287 g/mol. The van der Waals surface area contributed by atoms with Crippen molar-refractivity contribution in [2.45, 2.75) is 0 Å². The summed E-state index contributed by atoms with van der Waals surface area (Å²) in [4.78, 5) is 3.28. The molecule has 0 radical (unpaired) electrons. The van der Waals surface area contributed by atoms with Gasteiger partial charge in [0.1, 0.15) is 0 Å². The normalized spacial score (nSPS) is 7.56. The van der Waals surface area contributed by atoms with Crippen molar-refractivity contribution in [1.82, 2.24) is 4.98 Å². The molecule has 1 nitrogen and oxygen atoms in total. The first-order chi connectivity index (χ1) is 4.39. The van der Waals surface area contributed by atoms with Crippen LogP contribution in [0.2, 0.25) is 0 Å². The summed E-state index contributed by atoms with van der Waals surface area (Å²) >= 11 is 3.62. The quantitative estimate of drug-likeness (QED) is 0.307. The number of aromatic nitrogens is 1. The van der Waals surface area contributed by atoms with Crippen molar-refractivity contribution in [3.05, 3.63) is 30.3 Å². The second-order valence-electron chi connectivity index (χ2n) is 1.08. The average Bonchev–Trinajstić information content (AvgIpc) is 1.94. The molecule has 0 saturated carbocycles. The molecule has 0 aliphatic carbocycles. The Labute approximate surface area is 73.9 Å². The Kier molecular flexibility index (Phi) is 6.87. The molecule has 0 spiro atoms. The Morgan fingerprint density at radius 3 is 2.56 bits per heavy atom. The fourth-order valence-electron chi connectivity index (χ4n) is 0.306. The number of hydrogen-bond donors (Lipinski definition) is 0. The second kappa shape index (κ2) is 6.55. The fourth-order valence-corrected chi connectivity index (χ4v) is 0.306. The summed E-state index contributed by atoms with van der Waals surface area (Å²) in [6, 6.07) is 5.25. The number of hydrogen-bond acceptors (Lipinski definition) is 1. The summed E-state index contributed by atoms with van der Waals surface area (Å²) in [7, 11) is 0. The molecule has 1 aromatic heterocycles. The van der Waals surface area contributed by atoms with Crippen LogP contribution < -0.4 is 0 Å². The Hall–Kier alpha value is 0.433. The zero-order valence-corrected chi connectivity index (χ0v) is 9.77. The van der Waals surface area contributed by atoms with Crippen LogP contribution in [-0.2, 0) is 14.8 Å². The molecule has 1 rings (SSSR count). The average molecular weight is 288 g/mol. The van der Waals surface area contributed by atoms with E-state index in [0.717, 1.165) is 0 Å². The van der Waals surface area contributed by atoms with Crippen molar-refractivity contribution >= 4 is 19.8 Å². The molecule has 0 fully saturated rings. The van der Waals surface area contributed by atoms with E-state index < -0.39 is 5.95 Å². The minimum atomic E-state index is -0.484. The summed E-state index contributed by atoms with van der Waals surface area (Å²) in [5, 5.41) is 0.